The van der Waals surface area contributed by atoms with Crippen LogP contribution in [-0.2, 0) is 13.0 Å². The lowest BCUT2D eigenvalue weighted by Crippen LogP contribution is -2.24. The van der Waals surface area contributed by atoms with Crippen LogP contribution >= 0.6 is 0 Å². The van der Waals surface area contributed by atoms with E-state index in [1.165, 1.54) is 0 Å². The summed E-state index contributed by atoms with van der Waals surface area (Å²) in [6.45, 7) is 5.34. The van der Waals surface area contributed by atoms with Crippen molar-refractivity contribution in [3.8, 4) is 23.3 Å². The molecule has 0 unspecified atom stereocenters. The molecule has 1 aromatic heterocycles. The van der Waals surface area contributed by atoms with Crippen LogP contribution in [0, 0.1) is 11.8 Å². The van der Waals surface area contributed by atoms with E-state index >= 15 is 0 Å². The van der Waals surface area contributed by atoms with Crippen LogP contribution in [0.25, 0.3) is 0 Å². The van der Waals surface area contributed by atoms with E-state index in [1.807, 2.05) is 47.2 Å². The zero-order valence-corrected chi connectivity index (χ0v) is 17.7. The summed E-state index contributed by atoms with van der Waals surface area (Å²) in [5.41, 5.74) is 2.65. The summed E-state index contributed by atoms with van der Waals surface area (Å²) in [4.78, 5) is 16.3. The summed E-state index contributed by atoms with van der Waals surface area (Å²) >= 11 is 0. The van der Waals surface area contributed by atoms with Gasteiger partial charge >= 0.3 is 0 Å². The number of carbonyl (C=O) groups is 1. The fraction of sp³-hybridized carbons (Fsp3) is 0.280. The Labute approximate surface area is 182 Å². The van der Waals surface area contributed by atoms with Crippen LogP contribution in [0.3, 0.4) is 0 Å². The van der Waals surface area contributed by atoms with Gasteiger partial charge in [-0.3, -0.25) is 4.79 Å². The molecule has 3 aromatic rings. The van der Waals surface area contributed by atoms with Crippen molar-refractivity contribution in [2.24, 2.45) is 0 Å². The molecule has 6 heteroatoms. The largest absolute Gasteiger partial charge is 0.483 e. The highest BCUT2D eigenvalue weighted by molar-refractivity contribution is 5.94. The molecule has 1 aliphatic rings. The zero-order valence-electron chi connectivity index (χ0n) is 17.7. The molecule has 0 atom stereocenters. The summed E-state index contributed by atoms with van der Waals surface area (Å²) in [5.74, 6) is 7.22. The highest BCUT2D eigenvalue weighted by Crippen LogP contribution is 2.41. The molecule has 6 nitrogen and oxygen atoms in total. The lowest BCUT2D eigenvalue weighted by Gasteiger charge is -2.17. The molecule has 2 heterocycles. The van der Waals surface area contributed by atoms with E-state index in [0.717, 1.165) is 29.8 Å². The zero-order chi connectivity index (χ0) is 21.7. The molecule has 0 fully saturated rings. The molecule has 2 aromatic carbocycles. The smallest absolute Gasteiger partial charge is 0.252 e. The minimum absolute atomic E-state index is 0.152. The number of hydrogen-bond donors (Lipinski definition) is 1. The van der Waals surface area contributed by atoms with Gasteiger partial charge in [-0.05, 0) is 37.6 Å². The lowest BCUT2D eigenvalue weighted by atomic mass is 10.0. The Morgan fingerprint density at radius 1 is 1.23 bits per heavy atom. The second kappa shape index (κ2) is 8.97. The quantitative estimate of drug-likeness (QED) is 0.627. The first kappa shape index (κ1) is 20.5. The SMILES string of the molecule is CC1(C)Cc2cccc(OCC#CCNC(=O)c3ccc(Cn4ccnc4)cc3)c2O1. The van der Waals surface area contributed by atoms with Crippen LogP contribution < -0.4 is 14.8 Å². The molecule has 1 aliphatic heterocycles. The minimum Gasteiger partial charge on any atom is -0.483 e. The van der Waals surface area contributed by atoms with E-state index in [0.29, 0.717) is 11.3 Å². The van der Waals surface area contributed by atoms with Crippen molar-refractivity contribution in [1.29, 1.82) is 0 Å². The second-order valence-corrected chi connectivity index (χ2v) is 8.04. The molecule has 0 aliphatic carbocycles. The number of benzene rings is 2. The van der Waals surface area contributed by atoms with Gasteiger partial charge in [0.25, 0.3) is 5.91 Å². The molecule has 1 amide bonds. The van der Waals surface area contributed by atoms with Gasteiger partial charge in [-0.15, -0.1) is 0 Å². The van der Waals surface area contributed by atoms with Crippen LogP contribution in [0.1, 0.15) is 35.3 Å². The first-order valence-electron chi connectivity index (χ1n) is 10.2. The van der Waals surface area contributed by atoms with Gasteiger partial charge in [0.2, 0.25) is 0 Å². The summed E-state index contributed by atoms with van der Waals surface area (Å²) in [5, 5.41) is 2.81. The molecule has 31 heavy (non-hydrogen) atoms. The van der Waals surface area contributed by atoms with E-state index < -0.39 is 0 Å². The second-order valence-electron chi connectivity index (χ2n) is 8.04. The number of rotatable bonds is 6. The molecule has 1 N–H and O–H groups in total. The predicted octanol–water partition coefficient (Wildman–Crippen LogP) is 3.46. The normalized spacial score (nSPS) is 13.5. The Morgan fingerprint density at radius 3 is 2.84 bits per heavy atom. The monoisotopic (exact) mass is 415 g/mol. The van der Waals surface area contributed by atoms with Crippen molar-refractivity contribution in [3.63, 3.8) is 0 Å². The number of aromatic nitrogens is 2. The van der Waals surface area contributed by atoms with Crippen molar-refractivity contribution in [2.45, 2.75) is 32.4 Å². The molecular weight excluding hydrogens is 390 g/mol. The number of nitrogens with one attached hydrogen (secondary N) is 1. The Kier molecular flexibility index (Phi) is 5.94. The van der Waals surface area contributed by atoms with Gasteiger partial charge in [-0.2, -0.15) is 0 Å². The van der Waals surface area contributed by atoms with Crippen molar-refractivity contribution < 1.29 is 14.3 Å². The van der Waals surface area contributed by atoms with Gasteiger partial charge in [0.05, 0.1) is 12.9 Å². The van der Waals surface area contributed by atoms with Crippen LogP contribution in [0.2, 0.25) is 0 Å². The molecular formula is C25H25N3O3. The molecule has 0 saturated carbocycles. The number of imidazole rings is 1. The number of para-hydroxylation sites is 1. The van der Waals surface area contributed by atoms with Crippen molar-refractivity contribution in [3.05, 3.63) is 77.9 Å². The van der Waals surface area contributed by atoms with Gasteiger partial charge in [0, 0.05) is 36.5 Å². The number of ether oxygens (including phenoxy) is 2. The minimum atomic E-state index is -0.213. The van der Waals surface area contributed by atoms with Gasteiger partial charge in [0.1, 0.15) is 12.2 Å². The Bertz CT molecular complexity index is 1110. The van der Waals surface area contributed by atoms with Gasteiger partial charge in [0.15, 0.2) is 11.5 Å². The maximum absolute atomic E-state index is 12.3. The number of amides is 1. The van der Waals surface area contributed by atoms with E-state index in [-0.39, 0.29) is 24.7 Å². The third kappa shape index (κ3) is 5.26. The van der Waals surface area contributed by atoms with Gasteiger partial charge in [-0.1, -0.05) is 36.1 Å². The Morgan fingerprint density at radius 2 is 2.06 bits per heavy atom. The summed E-state index contributed by atoms with van der Waals surface area (Å²) < 4.78 is 13.7. The van der Waals surface area contributed by atoms with E-state index in [9.17, 15) is 4.79 Å². The average molecular weight is 415 g/mol. The van der Waals surface area contributed by atoms with Crippen LogP contribution in [-0.4, -0.2) is 34.2 Å². The summed E-state index contributed by atoms with van der Waals surface area (Å²) in [7, 11) is 0. The summed E-state index contributed by atoms with van der Waals surface area (Å²) in [6.07, 6.45) is 6.28. The Hall–Kier alpha value is -3.72. The standard InChI is InChI=1S/C25H25N3O3/c1-25(2)16-21-6-5-7-22(23(21)31-25)30-15-4-3-12-27-24(29)20-10-8-19(9-11-20)17-28-14-13-26-18-28/h5-11,13-14,18H,12,15-17H2,1-2H3,(H,27,29). The molecule has 0 spiro atoms. The van der Waals surface area contributed by atoms with Crippen molar-refractivity contribution >= 4 is 5.91 Å². The van der Waals surface area contributed by atoms with E-state index in [2.05, 4.69) is 42.1 Å². The molecule has 0 radical (unpaired) electrons. The lowest BCUT2D eigenvalue weighted by molar-refractivity contribution is 0.0958. The highest BCUT2D eigenvalue weighted by Gasteiger charge is 2.32. The number of hydrogen-bond acceptors (Lipinski definition) is 4. The fourth-order valence-electron chi connectivity index (χ4n) is 3.51. The third-order valence-corrected chi connectivity index (χ3v) is 4.96. The summed E-state index contributed by atoms with van der Waals surface area (Å²) in [6, 6.07) is 13.4. The predicted molar refractivity (Wildman–Crippen MR) is 118 cm³/mol. The maximum atomic E-state index is 12.3. The average Bonchev–Trinajstić information content (AvgIpc) is 3.37. The van der Waals surface area contributed by atoms with Gasteiger partial charge in [-0.25, -0.2) is 4.98 Å². The van der Waals surface area contributed by atoms with Crippen LogP contribution in [0.15, 0.2) is 61.2 Å². The maximum Gasteiger partial charge on any atom is 0.252 e. The van der Waals surface area contributed by atoms with E-state index in [4.69, 9.17) is 9.47 Å². The van der Waals surface area contributed by atoms with Crippen molar-refractivity contribution in [2.75, 3.05) is 13.2 Å². The highest BCUT2D eigenvalue weighted by atomic mass is 16.5. The molecule has 0 bridgehead atoms. The first-order chi connectivity index (χ1) is 15.0. The third-order valence-electron chi connectivity index (χ3n) is 4.96. The van der Waals surface area contributed by atoms with Gasteiger partial charge < -0.3 is 19.4 Å². The first-order valence-corrected chi connectivity index (χ1v) is 10.2. The van der Waals surface area contributed by atoms with Crippen LogP contribution in [0.4, 0.5) is 0 Å². The topological polar surface area (TPSA) is 65.4 Å². The van der Waals surface area contributed by atoms with E-state index in [1.54, 1.807) is 12.5 Å². The van der Waals surface area contributed by atoms with Crippen molar-refractivity contribution in [1.82, 2.24) is 14.9 Å². The molecule has 4 rings (SSSR count). The number of fused-ring (bicyclic) bond motifs is 1. The van der Waals surface area contributed by atoms with Crippen LogP contribution in [0.5, 0.6) is 11.5 Å². The molecule has 0 saturated heterocycles. The molecule has 158 valence electrons. The Balaban J connectivity index is 1.23. The number of nitrogens with zero attached hydrogens (tertiary/aromatic N) is 2. The number of carbonyl (C=O) groups excluding carboxylic acids is 1. The fourth-order valence-corrected chi connectivity index (χ4v) is 3.51.